The van der Waals surface area contributed by atoms with Crippen LogP contribution in [0.25, 0.3) is 0 Å². The molecule has 8 heteroatoms. The predicted octanol–water partition coefficient (Wildman–Crippen LogP) is 3.72. The van der Waals surface area contributed by atoms with Crippen LogP contribution in [-0.2, 0) is 16.0 Å². The zero-order valence-corrected chi connectivity index (χ0v) is 19.0. The minimum absolute atomic E-state index is 0. The molecule has 0 amide bonds. The Kier molecular flexibility index (Phi) is 11.5. The third-order valence-electron chi connectivity index (χ3n) is 3.54. The third-order valence-corrected chi connectivity index (χ3v) is 5.15. The Morgan fingerprint density at radius 1 is 1.54 bits per heavy atom. The van der Waals surface area contributed by atoms with Crippen LogP contribution in [0.3, 0.4) is 0 Å². The number of hydrogen-bond donors (Lipinski definition) is 1. The standard InChI is InChI=1S/C16H26BrN3O2S.HI/c1-3-18-16(20(2)11-14-6-7-15(17)23-14)19-8-10-21-12-13-5-4-9-22-13;/h6-7,13H,3-5,8-12H2,1-2H3,(H,18,19);1H. The number of nitrogens with one attached hydrogen (secondary N) is 1. The molecule has 24 heavy (non-hydrogen) atoms. The molecule has 0 aromatic carbocycles. The second-order valence-corrected chi connectivity index (χ2v) is 8.06. The maximum absolute atomic E-state index is 5.66. The zero-order valence-electron chi connectivity index (χ0n) is 14.3. The van der Waals surface area contributed by atoms with Gasteiger partial charge in [0.05, 0.1) is 36.2 Å². The van der Waals surface area contributed by atoms with Gasteiger partial charge in [-0.25, -0.2) is 0 Å². The van der Waals surface area contributed by atoms with Crippen molar-refractivity contribution in [2.24, 2.45) is 4.99 Å². The van der Waals surface area contributed by atoms with E-state index in [0.717, 1.165) is 42.3 Å². The number of thiophene rings is 1. The predicted molar refractivity (Wildman–Crippen MR) is 115 cm³/mol. The smallest absolute Gasteiger partial charge is 0.194 e. The highest BCUT2D eigenvalue weighted by Crippen LogP contribution is 2.22. The Balaban J connectivity index is 0.00000288. The number of rotatable bonds is 8. The fourth-order valence-electron chi connectivity index (χ4n) is 2.42. The maximum atomic E-state index is 5.66. The van der Waals surface area contributed by atoms with Crippen LogP contribution in [0.1, 0.15) is 24.6 Å². The van der Waals surface area contributed by atoms with Gasteiger partial charge in [0.1, 0.15) is 0 Å². The molecule has 0 bridgehead atoms. The molecule has 2 rings (SSSR count). The summed E-state index contributed by atoms with van der Waals surface area (Å²) in [6.45, 7) is 6.64. The Bertz CT molecular complexity index is 495. The number of guanidine groups is 1. The number of aliphatic imine (C=N–C) groups is 1. The first kappa shape index (κ1) is 22.1. The molecular formula is C16H27BrIN3O2S. The van der Waals surface area contributed by atoms with E-state index in [-0.39, 0.29) is 30.1 Å². The van der Waals surface area contributed by atoms with Gasteiger partial charge in [0.15, 0.2) is 5.96 Å². The van der Waals surface area contributed by atoms with Crippen molar-refractivity contribution in [2.45, 2.75) is 32.4 Å². The average molecular weight is 532 g/mol. The zero-order chi connectivity index (χ0) is 16.5. The first-order valence-corrected chi connectivity index (χ1v) is 9.73. The number of halogens is 2. The van der Waals surface area contributed by atoms with Crippen LogP contribution in [0.15, 0.2) is 20.9 Å². The van der Waals surface area contributed by atoms with E-state index in [2.05, 4.69) is 57.2 Å². The van der Waals surface area contributed by atoms with Gasteiger partial charge >= 0.3 is 0 Å². The quantitative estimate of drug-likeness (QED) is 0.240. The van der Waals surface area contributed by atoms with E-state index in [1.54, 1.807) is 11.3 Å². The van der Waals surface area contributed by atoms with Crippen molar-refractivity contribution in [3.8, 4) is 0 Å². The molecule has 1 aliphatic heterocycles. The molecule has 138 valence electrons. The topological polar surface area (TPSA) is 46.1 Å². The van der Waals surface area contributed by atoms with Gasteiger partial charge in [0.2, 0.25) is 0 Å². The summed E-state index contributed by atoms with van der Waals surface area (Å²) >= 11 is 5.26. The second-order valence-electron chi connectivity index (χ2n) is 5.51. The Labute approximate surface area is 174 Å². The largest absolute Gasteiger partial charge is 0.377 e. The van der Waals surface area contributed by atoms with E-state index in [4.69, 9.17) is 9.47 Å². The van der Waals surface area contributed by atoms with Crippen molar-refractivity contribution < 1.29 is 9.47 Å². The van der Waals surface area contributed by atoms with Gasteiger partial charge in [-0.05, 0) is 47.8 Å². The summed E-state index contributed by atoms with van der Waals surface area (Å²) in [4.78, 5) is 8.08. The number of nitrogens with zero attached hydrogens (tertiary/aromatic N) is 2. The lowest BCUT2D eigenvalue weighted by molar-refractivity contribution is 0.0199. The summed E-state index contributed by atoms with van der Waals surface area (Å²) in [6.07, 6.45) is 2.55. The summed E-state index contributed by atoms with van der Waals surface area (Å²) in [6, 6.07) is 4.22. The molecule has 0 aliphatic carbocycles. The van der Waals surface area contributed by atoms with E-state index in [1.165, 1.54) is 4.88 Å². The van der Waals surface area contributed by atoms with Gasteiger partial charge in [-0.3, -0.25) is 4.99 Å². The summed E-state index contributed by atoms with van der Waals surface area (Å²) in [7, 11) is 2.06. The van der Waals surface area contributed by atoms with Crippen molar-refractivity contribution in [3.05, 3.63) is 20.8 Å². The molecule has 1 N–H and O–H groups in total. The molecular weight excluding hydrogens is 505 g/mol. The first-order valence-electron chi connectivity index (χ1n) is 8.12. The number of hydrogen-bond acceptors (Lipinski definition) is 4. The first-order chi connectivity index (χ1) is 11.2. The summed E-state index contributed by atoms with van der Waals surface area (Å²) < 4.78 is 12.4. The molecule has 1 aromatic rings. The lowest BCUT2D eigenvalue weighted by atomic mass is 10.2. The molecule has 1 unspecified atom stereocenters. The molecule has 0 saturated carbocycles. The van der Waals surface area contributed by atoms with Crippen molar-refractivity contribution in [1.29, 1.82) is 0 Å². The highest BCUT2D eigenvalue weighted by atomic mass is 127. The van der Waals surface area contributed by atoms with Gasteiger partial charge in [-0.2, -0.15) is 0 Å². The maximum Gasteiger partial charge on any atom is 0.194 e. The van der Waals surface area contributed by atoms with Crippen molar-refractivity contribution >= 4 is 57.2 Å². The van der Waals surface area contributed by atoms with E-state index in [0.29, 0.717) is 19.8 Å². The minimum Gasteiger partial charge on any atom is -0.377 e. The van der Waals surface area contributed by atoms with Crippen molar-refractivity contribution in [1.82, 2.24) is 10.2 Å². The lowest BCUT2D eigenvalue weighted by Crippen LogP contribution is -2.38. The molecule has 1 aromatic heterocycles. The monoisotopic (exact) mass is 531 g/mol. The molecule has 1 atom stereocenters. The number of ether oxygens (including phenoxy) is 2. The van der Waals surface area contributed by atoms with Crippen LogP contribution in [-0.4, -0.2) is 56.9 Å². The summed E-state index contributed by atoms with van der Waals surface area (Å²) in [5, 5.41) is 3.33. The van der Waals surface area contributed by atoms with Crippen molar-refractivity contribution in [2.75, 3.05) is 40.0 Å². The Morgan fingerprint density at radius 2 is 2.38 bits per heavy atom. The highest BCUT2D eigenvalue weighted by molar-refractivity contribution is 14.0. The molecule has 1 fully saturated rings. The lowest BCUT2D eigenvalue weighted by Gasteiger charge is -2.21. The fraction of sp³-hybridized carbons (Fsp3) is 0.688. The van der Waals surface area contributed by atoms with Gasteiger partial charge in [-0.1, -0.05) is 0 Å². The second kappa shape index (κ2) is 12.5. The molecule has 1 aliphatic rings. The van der Waals surface area contributed by atoms with Crippen molar-refractivity contribution in [3.63, 3.8) is 0 Å². The SMILES string of the molecule is CCNC(=NCCOCC1CCCO1)N(C)Cc1ccc(Br)s1.I. The van der Waals surface area contributed by atoms with E-state index in [1.807, 2.05) is 0 Å². The fourth-order valence-corrected chi connectivity index (χ4v) is 3.96. The van der Waals surface area contributed by atoms with Crippen LogP contribution in [0.2, 0.25) is 0 Å². The molecule has 0 spiro atoms. The van der Waals surface area contributed by atoms with Gasteiger partial charge in [0, 0.05) is 25.1 Å². The normalized spacial score (nSPS) is 17.6. The van der Waals surface area contributed by atoms with E-state index in [9.17, 15) is 0 Å². The molecule has 1 saturated heterocycles. The van der Waals surface area contributed by atoms with E-state index >= 15 is 0 Å². The van der Waals surface area contributed by atoms with Crippen LogP contribution in [0.5, 0.6) is 0 Å². The Morgan fingerprint density at radius 3 is 3.00 bits per heavy atom. The van der Waals surface area contributed by atoms with Gasteiger partial charge < -0.3 is 19.7 Å². The van der Waals surface area contributed by atoms with Gasteiger partial charge in [0.25, 0.3) is 0 Å². The summed E-state index contributed by atoms with van der Waals surface area (Å²) in [5.74, 6) is 0.915. The summed E-state index contributed by atoms with van der Waals surface area (Å²) in [5.41, 5.74) is 0. The van der Waals surface area contributed by atoms with Gasteiger partial charge in [-0.15, -0.1) is 35.3 Å². The van der Waals surface area contributed by atoms with Crippen LogP contribution in [0, 0.1) is 0 Å². The van der Waals surface area contributed by atoms with Crippen LogP contribution in [0.4, 0.5) is 0 Å². The third kappa shape index (κ3) is 7.99. The average Bonchev–Trinajstić information content (AvgIpc) is 3.17. The van der Waals surface area contributed by atoms with Crippen LogP contribution >= 0.6 is 51.2 Å². The molecule has 5 nitrogen and oxygen atoms in total. The highest BCUT2D eigenvalue weighted by Gasteiger charge is 2.15. The Hall–Kier alpha value is 0.1000. The van der Waals surface area contributed by atoms with E-state index < -0.39 is 0 Å². The van der Waals surface area contributed by atoms with Crippen LogP contribution < -0.4 is 5.32 Å². The molecule has 0 radical (unpaired) electrons. The minimum atomic E-state index is 0. The molecule has 2 heterocycles.